The van der Waals surface area contributed by atoms with Crippen molar-refractivity contribution in [1.29, 1.82) is 0 Å². The first-order chi connectivity index (χ1) is 7.84. The Hall–Kier alpha value is -1.20. The molecule has 2 N–H and O–H groups in total. The first-order valence-corrected chi connectivity index (χ1v) is 5.75. The van der Waals surface area contributed by atoms with Crippen molar-refractivity contribution in [3.8, 4) is 0 Å². The van der Waals surface area contributed by atoms with Gasteiger partial charge in [0, 0.05) is 5.41 Å². The van der Waals surface area contributed by atoms with E-state index in [1.807, 2.05) is 0 Å². The van der Waals surface area contributed by atoms with Crippen LogP contribution >= 0.6 is 11.6 Å². The summed E-state index contributed by atoms with van der Waals surface area (Å²) in [5.41, 5.74) is -0.107. The number of carbonyl (C=O) groups is 1. The van der Waals surface area contributed by atoms with Crippen molar-refractivity contribution >= 4 is 23.3 Å². The summed E-state index contributed by atoms with van der Waals surface area (Å²) in [7, 11) is 0. The average Bonchev–Trinajstić information content (AvgIpc) is 2.27. The fraction of sp³-hybridized carbons (Fsp3) is 0.545. The minimum atomic E-state index is -0.837. The molecule has 6 heteroatoms. The molecule has 1 rings (SSSR count). The Kier molecular flexibility index (Phi) is 4.42. The zero-order chi connectivity index (χ0) is 13.1. The van der Waals surface area contributed by atoms with Crippen LogP contribution in [-0.4, -0.2) is 26.9 Å². The molecule has 0 aliphatic rings. The van der Waals surface area contributed by atoms with Crippen molar-refractivity contribution < 1.29 is 9.90 Å². The van der Waals surface area contributed by atoms with Gasteiger partial charge in [-0.15, -0.1) is 11.6 Å². The number of amides is 1. The predicted molar refractivity (Wildman–Crippen MR) is 65.8 cm³/mol. The van der Waals surface area contributed by atoms with Crippen LogP contribution in [0, 0.1) is 5.41 Å². The van der Waals surface area contributed by atoms with Crippen molar-refractivity contribution in [2.75, 3.05) is 11.2 Å². The number of aromatic nitrogens is 2. The second kappa shape index (κ2) is 5.42. The number of aliphatic hydroxyl groups excluding tert-OH is 1. The van der Waals surface area contributed by atoms with E-state index in [2.05, 4.69) is 15.3 Å². The highest BCUT2D eigenvalue weighted by Gasteiger charge is 2.21. The third kappa shape index (κ3) is 3.94. The Balaban J connectivity index is 2.72. The molecule has 0 saturated heterocycles. The van der Waals surface area contributed by atoms with E-state index in [1.54, 1.807) is 20.8 Å². The molecule has 94 valence electrons. The van der Waals surface area contributed by atoms with Gasteiger partial charge in [0.1, 0.15) is 6.10 Å². The molecule has 0 bridgehead atoms. The van der Waals surface area contributed by atoms with Gasteiger partial charge in [0.05, 0.1) is 24.0 Å². The molecule has 0 aliphatic heterocycles. The van der Waals surface area contributed by atoms with E-state index in [1.165, 1.54) is 12.4 Å². The SMILES string of the molecule is CC(C)(C)C(=O)Nc1cnc([C@H](O)CCl)cn1. The maximum atomic E-state index is 11.7. The highest BCUT2D eigenvalue weighted by Crippen LogP contribution is 2.16. The Morgan fingerprint density at radius 2 is 2.12 bits per heavy atom. The molecule has 1 amide bonds. The number of halogens is 1. The first-order valence-electron chi connectivity index (χ1n) is 5.22. The lowest BCUT2D eigenvalue weighted by Crippen LogP contribution is -2.28. The van der Waals surface area contributed by atoms with E-state index >= 15 is 0 Å². The lowest BCUT2D eigenvalue weighted by atomic mass is 9.96. The lowest BCUT2D eigenvalue weighted by Gasteiger charge is -2.17. The summed E-state index contributed by atoms with van der Waals surface area (Å²) in [5, 5.41) is 12.0. The van der Waals surface area contributed by atoms with Gasteiger partial charge in [-0.05, 0) is 0 Å². The van der Waals surface area contributed by atoms with E-state index in [9.17, 15) is 9.90 Å². The van der Waals surface area contributed by atoms with Gasteiger partial charge in [0.25, 0.3) is 0 Å². The van der Waals surface area contributed by atoms with Crippen LogP contribution in [0.15, 0.2) is 12.4 Å². The van der Waals surface area contributed by atoms with Gasteiger partial charge in [0.2, 0.25) is 5.91 Å². The Bertz CT molecular complexity index is 387. The number of aliphatic hydroxyl groups is 1. The number of alkyl halides is 1. The van der Waals surface area contributed by atoms with E-state index in [4.69, 9.17) is 11.6 Å². The van der Waals surface area contributed by atoms with Gasteiger partial charge in [-0.3, -0.25) is 9.78 Å². The summed E-state index contributed by atoms with van der Waals surface area (Å²) in [5.74, 6) is 0.274. The Labute approximate surface area is 105 Å². The normalized spacial score (nSPS) is 13.2. The maximum absolute atomic E-state index is 11.7. The van der Waals surface area contributed by atoms with Crippen molar-refractivity contribution in [2.45, 2.75) is 26.9 Å². The van der Waals surface area contributed by atoms with Gasteiger partial charge < -0.3 is 10.4 Å². The predicted octanol–water partition coefficient (Wildman–Crippen LogP) is 1.73. The average molecular weight is 258 g/mol. The Morgan fingerprint density at radius 3 is 2.53 bits per heavy atom. The molecule has 0 saturated carbocycles. The molecule has 17 heavy (non-hydrogen) atoms. The third-order valence-electron chi connectivity index (χ3n) is 2.08. The number of nitrogens with zero attached hydrogens (tertiary/aromatic N) is 2. The summed E-state index contributed by atoms with van der Waals surface area (Å²) < 4.78 is 0. The molecule has 1 heterocycles. The van der Waals surface area contributed by atoms with Crippen molar-refractivity contribution in [2.24, 2.45) is 5.41 Å². The second-order valence-electron chi connectivity index (χ2n) is 4.70. The molecule has 0 spiro atoms. The summed E-state index contributed by atoms with van der Waals surface area (Å²) in [6, 6.07) is 0. The molecule has 1 atom stereocenters. The zero-order valence-corrected chi connectivity index (χ0v) is 10.8. The molecular formula is C11H16ClN3O2. The molecule has 0 fully saturated rings. The van der Waals surface area contributed by atoms with Crippen LogP contribution in [0.5, 0.6) is 0 Å². The van der Waals surface area contributed by atoms with Gasteiger partial charge >= 0.3 is 0 Å². The molecule has 0 unspecified atom stereocenters. The summed E-state index contributed by atoms with van der Waals surface area (Å²) in [6.07, 6.45) is 1.96. The highest BCUT2D eigenvalue weighted by molar-refractivity contribution is 6.18. The molecule has 1 aromatic rings. The zero-order valence-electron chi connectivity index (χ0n) is 10.1. The molecule has 1 aromatic heterocycles. The number of anilines is 1. The number of nitrogens with one attached hydrogen (secondary N) is 1. The van der Waals surface area contributed by atoms with Crippen LogP contribution in [0.25, 0.3) is 0 Å². The van der Waals surface area contributed by atoms with Crippen LogP contribution in [0.1, 0.15) is 32.6 Å². The fourth-order valence-electron chi connectivity index (χ4n) is 0.958. The van der Waals surface area contributed by atoms with Crippen LogP contribution in [-0.2, 0) is 4.79 Å². The minimum Gasteiger partial charge on any atom is -0.385 e. The van der Waals surface area contributed by atoms with Crippen LogP contribution < -0.4 is 5.32 Å². The van der Waals surface area contributed by atoms with Gasteiger partial charge in [0.15, 0.2) is 5.82 Å². The fourth-order valence-corrected chi connectivity index (χ4v) is 1.12. The van der Waals surface area contributed by atoms with Gasteiger partial charge in [-0.1, -0.05) is 20.8 Å². The van der Waals surface area contributed by atoms with Crippen molar-refractivity contribution in [1.82, 2.24) is 9.97 Å². The highest BCUT2D eigenvalue weighted by atomic mass is 35.5. The van der Waals surface area contributed by atoms with Crippen molar-refractivity contribution in [3.63, 3.8) is 0 Å². The minimum absolute atomic E-state index is 0.0579. The van der Waals surface area contributed by atoms with E-state index in [0.29, 0.717) is 11.5 Å². The largest absolute Gasteiger partial charge is 0.385 e. The van der Waals surface area contributed by atoms with Crippen LogP contribution in [0.4, 0.5) is 5.82 Å². The van der Waals surface area contributed by atoms with Crippen LogP contribution in [0.3, 0.4) is 0 Å². The molecular weight excluding hydrogens is 242 g/mol. The molecule has 0 radical (unpaired) electrons. The Morgan fingerprint density at radius 1 is 1.47 bits per heavy atom. The third-order valence-corrected chi connectivity index (χ3v) is 2.37. The first kappa shape index (κ1) is 13.9. The summed E-state index contributed by atoms with van der Waals surface area (Å²) >= 11 is 5.48. The monoisotopic (exact) mass is 257 g/mol. The van der Waals surface area contributed by atoms with E-state index < -0.39 is 11.5 Å². The summed E-state index contributed by atoms with van der Waals surface area (Å²) in [4.78, 5) is 19.6. The van der Waals surface area contributed by atoms with Crippen LogP contribution in [0.2, 0.25) is 0 Å². The topological polar surface area (TPSA) is 75.1 Å². The van der Waals surface area contributed by atoms with Crippen molar-refractivity contribution in [3.05, 3.63) is 18.1 Å². The molecule has 0 aliphatic carbocycles. The number of rotatable bonds is 3. The number of hydrogen-bond acceptors (Lipinski definition) is 4. The molecule has 0 aromatic carbocycles. The smallest absolute Gasteiger partial charge is 0.230 e. The van der Waals surface area contributed by atoms with Gasteiger partial charge in [-0.2, -0.15) is 0 Å². The maximum Gasteiger partial charge on any atom is 0.230 e. The van der Waals surface area contributed by atoms with E-state index in [0.717, 1.165) is 0 Å². The van der Waals surface area contributed by atoms with Gasteiger partial charge in [-0.25, -0.2) is 4.98 Å². The quantitative estimate of drug-likeness (QED) is 0.809. The summed E-state index contributed by atoms with van der Waals surface area (Å²) in [6.45, 7) is 5.42. The number of carbonyl (C=O) groups excluding carboxylic acids is 1. The molecule has 5 nitrogen and oxygen atoms in total. The van der Waals surface area contributed by atoms with E-state index in [-0.39, 0.29) is 11.8 Å². The standard InChI is InChI=1S/C11H16ClN3O2/c1-11(2,3)10(17)15-9-6-13-7(5-14-9)8(16)4-12/h5-6,8,16H,4H2,1-3H3,(H,14,15,17)/t8-/m1/s1. The number of hydrogen-bond donors (Lipinski definition) is 2. The lowest BCUT2D eigenvalue weighted by molar-refractivity contribution is -0.123. The second-order valence-corrected chi connectivity index (χ2v) is 5.01.